The van der Waals surface area contributed by atoms with Gasteiger partial charge in [0.1, 0.15) is 0 Å². The summed E-state index contributed by atoms with van der Waals surface area (Å²) in [7, 11) is -2.99. The van der Waals surface area contributed by atoms with Crippen molar-refractivity contribution < 1.29 is 18.6 Å². The molecule has 0 aliphatic heterocycles. The second-order valence-corrected chi connectivity index (χ2v) is 8.04. The van der Waals surface area contributed by atoms with Crippen molar-refractivity contribution in [3.8, 4) is 0 Å². The Labute approximate surface area is 90.2 Å². The molecule has 0 saturated carbocycles. The van der Waals surface area contributed by atoms with Crippen LogP contribution in [0.3, 0.4) is 0 Å². The van der Waals surface area contributed by atoms with Crippen LogP contribution in [0.15, 0.2) is 0 Å². The highest BCUT2D eigenvalue weighted by Gasteiger charge is 2.09. The summed E-state index contributed by atoms with van der Waals surface area (Å²) in [5, 5.41) is 17.2. The van der Waals surface area contributed by atoms with E-state index in [1.165, 1.54) is 21.2 Å². The zero-order valence-electron chi connectivity index (χ0n) is 7.19. The molecule has 0 saturated heterocycles. The van der Waals surface area contributed by atoms with Gasteiger partial charge in [0.25, 0.3) is 0 Å². The van der Waals surface area contributed by atoms with E-state index in [0.29, 0.717) is 19.6 Å². The Morgan fingerprint density at radius 3 is 1.85 bits per heavy atom. The van der Waals surface area contributed by atoms with Gasteiger partial charge in [-0.1, -0.05) is 0 Å². The molecule has 5 nitrogen and oxygen atoms in total. The van der Waals surface area contributed by atoms with E-state index in [4.69, 9.17) is 10.2 Å². The van der Waals surface area contributed by atoms with Crippen molar-refractivity contribution in [1.82, 2.24) is 4.90 Å². The van der Waals surface area contributed by atoms with Gasteiger partial charge < -0.3 is 10.2 Å². The zero-order valence-corrected chi connectivity index (χ0v) is 10.2. The number of halogens is 1. The Kier molecular flexibility index (Phi) is 7.23. The van der Waals surface area contributed by atoms with E-state index in [1.54, 1.807) is 4.90 Å². The van der Waals surface area contributed by atoms with Gasteiger partial charge in [-0.25, -0.2) is 8.42 Å². The van der Waals surface area contributed by atoms with Crippen LogP contribution in [-0.4, -0.2) is 62.1 Å². The summed E-state index contributed by atoms with van der Waals surface area (Å²) < 4.78 is 21.6. The quantitative estimate of drug-likeness (QED) is 0.466. The fourth-order valence-electron chi connectivity index (χ4n) is 0.856. The van der Waals surface area contributed by atoms with Crippen molar-refractivity contribution in [2.45, 2.75) is 0 Å². The van der Waals surface area contributed by atoms with Crippen LogP contribution in [0.2, 0.25) is 0 Å². The highest BCUT2D eigenvalue weighted by Crippen LogP contribution is 2.01. The normalized spacial score (nSPS) is 12.3. The number of aliphatic hydroxyl groups is 2. The minimum Gasteiger partial charge on any atom is -0.395 e. The average Bonchev–Trinajstić information content (AvgIpc) is 2.00. The van der Waals surface area contributed by atoms with E-state index in [2.05, 4.69) is 0 Å². The van der Waals surface area contributed by atoms with Crippen LogP contribution in [0.25, 0.3) is 0 Å². The fourth-order valence-corrected chi connectivity index (χ4v) is 1.92. The molecule has 0 radical (unpaired) electrons. The lowest BCUT2D eigenvalue weighted by Gasteiger charge is -2.18. The minimum absolute atomic E-state index is 0.0265. The smallest absolute Gasteiger partial charge is 0.204 e. The van der Waals surface area contributed by atoms with Crippen molar-refractivity contribution in [2.75, 3.05) is 38.6 Å². The van der Waals surface area contributed by atoms with Crippen LogP contribution in [0.5, 0.6) is 0 Å². The highest BCUT2D eigenvalue weighted by atomic mass is 127. The third kappa shape index (κ3) is 8.88. The van der Waals surface area contributed by atoms with Crippen LogP contribution < -0.4 is 0 Å². The zero-order chi connectivity index (χ0) is 10.3. The molecule has 0 atom stereocenters. The first-order valence-corrected chi connectivity index (χ1v) is 8.05. The summed E-state index contributed by atoms with van der Waals surface area (Å²) in [6, 6.07) is 0. The molecular weight excluding hydrogens is 309 g/mol. The maximum atomic E-state index is 10.8. The molecule has 7 heteroatoms. The summed E-state index contributed by atoms with van der Waals surface area (Å²) in [5.41, 5.74) is 0. The van der Waals surface area contributed by atoms with Gasteiger partial charge in [0, 0.05) is 19.6 Å². The highest BCUT2D eigenvalue weighted by molar-refractivity contribution is 14.2. The largest absolute Gasteiger partial charge is 0.395 e. The molecule has 80 valence electrons. The van der Waals surface area contributed by atoms with E-state index < -0.39 is 7.01 Å². The molecule has 0 aromatic carbocycles. The van der Waals surface area contributed by atoms with Gasteiger partial charge in [-0.3, -0.25) is 4.90 Å². The Bertz CT molecular complexity index is 213. The fraction of sp³-hybridized carbons (Fsp3) is 1.00. The molecule has 0 unspecified atom stereocenters. The molecule has 0 heterocycles. The summed E-state index contributed by atoms with van der Waals surface area (Å²) in [4.78, 5) is 1.70. The standard InChI is InChI=1S/C6H14INO4S/c7-13(11,12)6-3-8(1-4-9)2-5-10/h9-10H,1-6H2. The number of aliphatic hydroxyl groups excluding tert-OH is 2. The van der Waals surface area contributed by atoms with Gasteiger partial charge in [-0.2, -0.15) is 0 Å². The minimum atomic E-state index is -2.99. The Hall–Kier alpha value is 0.560. The van der Waals surface area contributed by atoms with Crippen LogP contribution in [0, 0.1) is 0 Å². The monoisotopic (exact) mass is 323 g/mol. The third-order valence-corrected chi connectivity index (χ3v) is 3.48. The topological polar surface area (TPSA) is 77.8 Å². The molecule has 0 aliphatic rings. The van der Waals surface area contributed by atoms with E-state index in [9.17, 15) is 8.42 Å². The first kappa shape index (κ1) is 13.6. The van der Waals surface area contributed by atoms with Gasteiger partial charge in [-0.15, -0.1) is 0 Å². The average molecular weight is 323 g/mol. The van der Waals surface area contributed by atoms with Crippen LogP contribution >= 0.6 is 21.2 Å². The lowest BCUT2D eigenvalue weighted by molar-refractivity contribution is 0.167. The SMILES string of the molecule is O=S(=O)(I)CCN(CCO)CCO. The molecule has 0 spiro atoms. The van der Waals surface area contributed by atoms with Crippen LogP contribution in [0.4, 0.5) is 0 Å². The number of nitrogens with zero attached hydrogens (tertiary/aromatic N) is 1. The van der Waals surface area contributed by atoms with Gasteiger partial charge in [-0.05, 0) is 0 Å². The Balaban J connectivity index is 3.81. The molecular formula is C6H14INO4S. The Morgan fingerprint density at radius 1 is 1.08 bits per heavy atom. The molecule has 0 aromatic rings. The van der Waals surface area contributed by atoms with Crippen molar-refractivity contribution >= 4 is 28.2 Å². The second-order valence-electron chi connectivity index (χ2n) is 2.53. The van der Waals surface area contributed by atoms with Crippen molar-refractivity contribution in [1.29, 1.82) is 0 Å². The number of rotatable bonds is 7. The van der Waals surface area contributed by atoms with E-state index in [-0.39, 0.29) is 19.0 Å². The molecule has 0 amide bonds. The number of hydrogen-bond donors (Lipinski definition) is 2. The van der Waals surface area contributed by atoms with E-state index in [0.717, 1.165) is 0 Å². The van der Waals surface area contributed by atoms with Gasteiger partial charge in [0.15, 0.2) is 0 Å². The van der Waals surface area contributed by atoms with Crippen molar-refractivity contribution in [3.63, 3.8) is 0 Å². The van der Waals surface area contributed by atoms with Crippen molar-refractivity contribution in [3.05, 3.63) is 0 Å². The van der Waals surface area contributed by atoms with Crippen LogP contribution in [-0.2, 0) is 7.01 Å². The number of hydrogen-bond acceptors (Lipinski definition) is 5. The third-order valence-electron chi connectivity index (χ3n) is 1.48. The Morgan fingerprint density at radius 2 is 1.54 bits per heavy atom. The first-order chi connectivity index (χ1) is 5.99. The molecule has 13 heavy (non-hydrogen) atoms. The van der Waals surface area contributed by atoms with Gasteiger partial charge in [0.2, 0.25) is 7.01 Å². The molecule has 0 rings (SSSR count). The predicted molar refractivity (Wildman–Crippen MR) is 58.4 cm³/mol. The lowest BCUT2D eigenvalue weighted by atomic mass is 10.5. The predicted octanol–water partition coefficient (Wildman–Crippen LogP) is -0.962. The summed E-state index contributed by atoms with van der Waals surface area (Å²) in [6.07, 6.45) is 0. The van der Waals surface area contributed by atoms with Crippen molar-refractivity contribution in [2.24, 2.45) is 0 Å². The second kappa shape index (κ2) is 6.93. The molecule has 0 fully saturated rings. The molecule has 2 N–H and O–H groups in total. The lowest BCUT2D eigenvalue weighted by Crippen LogP contribution is -2.33. The van der Waals surface area contributed by atoms with Gasteiger partial charge >= 0.3 is 0 Å². The summed E-state index contributed by atoms with van der Waals surface area (Å²) in [6.45, 7) is 1.09. The van der Waals surface area contributed by atoms with Crippen LogP contribution in [0.1, 0.15) is 0 Å². The van der Waals surface area contributed by atoms with Gasteiger partial charge in [0.05, 0.1) is 40.2 Å². The molecule has 0 aromatic heterocycles. The molecule has 0 bridgehead atoms. The maximum absolute atomic E-state index is 10.8. The van der Waals surface area contributed by atoms with E-state index >= 15 is 0 Å². The molecule has 0 aliphatic carbocycles. The maximum Gasteiger partial charge on any atom is 0.204 e. The van der Waals surface area contributed by atoms with E-state index in [1.807, 2.05) is 0 Å². The summed E-state index contributed by atoms with van der Waals surface area (Å²) >= 11 is 1.39. The summed E-state index contributed by atoms with van der Waals surface area (Å²) in [5.74, 6) is 0.0492. The first-order valence-electron chi connectivity index (χ1n) is 3.86.